The second-order valence-electron chi connectivity index (χ2n) is 7.64. The molecule has 0 atom stereocenters. The van der Waals surface area contributed by atoms with E-state index < -0.39 is 0 Å². The summed E-state index contributed by atoms with van der Waals surface area (Å²) in [6.45, 7) is 8.59. The van der Waals surface area contributed by atoms with Crippen LogP contribution in [-0.4, -0.2) is 37.5 Å². The molecule has 1 fully saturated rings. The highest BCUT2D eigenvalue weighted by molar-refractivity contribution is 14.0. The molecule has 5 nitrogen and oxygen atoms in total. The molecule has 0 saturated heterocycles. The number of carbonyl (C=O) groups is 1. The number of nitrogens with zero attached hydrogens (tertiary/aromatic N) is 1. The van der Waals surface area contributed by atoms with Crippen LogP contribution in [0, 0.1) is 0 Å². The molecule has 0 bridgehead atoms. The minimum atomic E-state index is 0. The Morgan fingerprint density at radius 3 is 2.63 bits per heavy atom. The van der Waals surface area contributed by atoms with E-state index in [1.54, 1.807) is 11.3 Å². The summed E-state index contributed by atoms with van der Waals surface area (Å²) in [5.74, 6) is 0.918. The standard InChI is InChI=1S/C20H34N4OS.HI/c1-4-21-19(23-15-20(2,3)17-11-8-14-26-17)22-13-12-18(25)24-16-9-6-5-7-10-16;/h8,11,14,16H,4-7,9-10,12-13,15H2,1-3H3,(H,24,25)(H2,21,22,23);1H. The van der Waals surface area contributed by atoms with Crippen molar-refractivity contribution in [1.29, 1.82) is 0 Å². The van der Waals surface area contributed by atoms with E-state index in [1.807, 2.05) is 0 Å². The molecule has 0 radical (unpaired) electrons. The highest BCUT2D eigenvalue weighted by atomic mass is 127. The van der Waals surface area contributed by atoms with Crippen LogP contribution in [0.2, 0.25) is 0 Å². The fraction of sp³-hybridized carbons (Fsp3) is 0.700. The molecule has 0 aromatic carbocycles. The lowest BCUT2D eigenvalue weighted by Crippen LogP contribution is -2.41. The van der Waals surface area contributed by atoms with Gasteiger partial charge in [0.25, 0.3) is 0 Å². The second kappa shape index (κ2) is 12.6. The van der Waals surface area contributed by atoms with Gasteiger partial charge in [-0.05, 0) is 31.2 Å². The second-order valence-corrected chi connectivity index (χ2v) is 8.58. The quantitative estimate of drug-likeness (QED) is 0.283. The van der Waals surface area contributed by atoms with Gasteiger partial charge in [-0.2, -0.15) is 0 Å². The monoisotopic (exact) mass is 506 g/mol. The fourth-order valence-electron chi connectivity index (χ4n) is 3.20. The average Bonchev–Trinajstić information content (AvgIpc) is 3.16. The van der Waals surface area contributed by atoms with Crippen molar-refractivity contribution in [2.45, 2.75) is 70.8 Å². The number of hydrogen-bond acceptors (Lipinski definition) is 3. The highest BCUT2D eigenvalue weighted by Crippen LogP contribution is 2.27. The number of rotatable bonds is 8. The number of thiophene rings is 1. The number of carbonyl (C=O) groups excluding carboxylic acids is 1. The normalized spacial score (nSPS) is 15.7. The highest BCUT2D eigenvalue weighted by Gasteiger charge is 2.21. The molecule has 1 aliphatic rings. The number of aliphatic imine (C=N–C) groups is 1. The van der Waals surface area contributed by atoms with E-state index >= 15 is 0 Å². The molecule has 1 aromatic heterocycles. The maximum Gasteiger partial charge on any atom is 0.221 e. The smallest absolute Gasteiger partial charge is 0.221 e. The van der Waals surface area contributed by atoms with Crippen LogP contribution in [0.25, 0.3) is 0 Å². The van der Waals surface area contributed by atoms with E-state index in [9.17, 15) is 4.79 Å². The Hall–Kier alpha value is -0.830. The van der Waals surface area contributed by atoms with Gasteiger partial charge in [-0.3, -0.25) is 9.79 Å². The predicted molar refractivity (Wildman–Crippen MR) is 126 cm³/mol. The molecule has 154 valence electrons. The van der Waals surface area contributed by atoms with E-state index in [0.717, 1.165) is 25.3 Å². The fourth-order valence-corrected chi connectivity index (χ4v) is 4.05. The number of guanidine groups is 1. The van der Waals surface area contributed by atoms with Gasteiger partial charge in [0, 0.05) is 35.8 Å². The lowest BCUT2D eigenvalue weighted by molar-refractivity contribution is -0.121. The lowest BCUT2D eigenvalue weighted by Gasteiger charge is -2.23. The summed E-state index contributed by atoms with van der Waals surface area (Å²) in [6.07, 6.45) is 6.51. The van der Waals surface area contributed by atoms with Crippen LogP contribution in [0.4, 0.5) is 0 Å². The van der Waals surface area contributed by atoms with Crippen LogP contribution in [0.15, 0.2) is 22.5 Å². The topological polar surface area (TPSA) is 65.5 Å². The average molecular weight is 506 g/mol. The molecule has 0 unspecified atom stereocenters. The van der Waals surface area contributed by atoms with Gasteiger partial charge in [-0.25, -0.2) is 0 Å². The summed E-state index contributed by atoms with van der Waals surface area (Å²) < 4.78 is 0. The van der Waals surface area contributed by atoms with Gasteiger partial charge >= 0.3 is 0 Å². The summed E-state index contributed by atoms with van der Waals surface area (Å²) in [7, 11) is 0. The third-order valence-corrected chi connectivity index (χ3v) is 6.02. The van der Waals surface area contributed by atoms with Crippen molar-refractivity contribution in [3.63, 3.8) is 0 Å². The third kappa shape index (κ3) is 8.81. The molecule has 27 heavy (non-hydrogen) atoms. The van der Waals surface area contributed by atoms with Crippen LogP contribution in [0.3, 0.4) is 0 Å². The molecule has 1 saturated carbocycles. The largest absolute Gasteiger partial charge is 0.357 e. The number of halogens is 1. The maximum atomic E-state index is 12.1. The first kappa shape index (κ1) is 24.2. The molecule has 0 aliphatic heterocycles. The Bertz CT molecular complexity index is 569. The number of amides is 1. The van der Waals surface area contributed by atoms with Crippen LogP contribution in [0.1, 0.15) is 64.2 Å². The Morgan fingerprint density at radius 2 is 2.00 bits per heavy atom. The summed E-state index contributed by atoms with van der Waals surface area (Å²) >= 11 is 1.77. The minimum absolute atomic E-state index is 0. The molecule has 2 rings (SSSR count). The molecule has 7 heteroatoms. The number of nitrogens with one attached hydrogen (secondary N) is 3. The van der Waals surface area contributed by atoms with Gasteiger partial charge in [0.1, 0.15) is 0 Å². The van der Waals surface area contributed by atoms with Gasteiger partial charge < -0.3 is 16.0 Å². The van der Waals surface area contributed by atoms with Gasteiger partial charge in [0.2, 0.25) is 5.91 Å². The maximum absolute atomic E-state index is 12.1. The zero-order valence-electron chi connectivity index (χ0n) is 16.8. The molecule has 3 N–H and O–H groups in total. The SMILES string of the molecule is CCNC(=NCC(C)(C)c1cccs1)NCCC(=O)NC1CCCCC1.I. The first-order valence-corrected chi connectivity index (χ1v) is 10.7. The van der Waals surface area contributed by atoms with Gasteiger partial charge in [0.15, 0.2) is 5.96 Å². The van der Waals surface area contributed by atoms with Crippen molar-refractivity contribution in [3.05, 3.63) is 22.4 Å². The molecular formula is C20H35IN4OS. The Labute approximate surface area is 185 Å². The molecule has 1 aliphatic carbocycles. The van der Waals surface area contributed by atoms with Crippen LogP contribution in [-0.2, 0) is 10.2 Å². The summed E-state index contributed by atoms with van der Waals surface area (Å²) in [6, 6.07) is 4.63. The van der Waals surface area contributed by atoms with Crippen molar-refractivity contribution < 1.29 is 4.79 Å². The van der Waals surface area contributed by atoms with Crippen molar-refractivity contribution in [2.75, 3.05) is 19.6 Å². The molecule has 1 amide bonds. The minimum Gasteiger partial charge on any atom is -0.357 e. The molecule has 0 spiro atoms. The van der Waals surface area contributed by atoms with Gasteiger partial charge in [0.05, 0.1) is 6.54 Å². The van der Waals surface area contributed by atoms with Crippen LogP contribution < -0.4 is 16.0 Å². The molecule has 1 heterocycles. The van der Waals surface area contributed by atoms with Crippen molar-refractivity contribution in [3.8, 4) is 0 Å². The van der Waals surface area contributed by atoms with Crippen LogP contribution in [0.5, 0.6) is 0 Å². The Kier molecular flexibility index (Phi) is 11.3. The summed E-state index contributed by atoms with van der Waals surface area (Å²) in [5.41, 5.74) is 0.00880. The van der Waals surface area contributed by atoms with E-state index in [2.05, 4.69) is 54.2 Å². The Morgan fingerprint density at radius 1 is 1.26 bits per heavy atom. The first-order chi connectivity index (χ1) is 12.5. The Balaban J connectivity index is 0.00000364. The lowest BCUT2D eigenvalue weighted by atomic mass is 9.92. The van der Waals surface area contributed by atoms with E-state index in [1.165, 1.54) is 24.1 Å². The van der Waals surface area contributed by atoms with Gasteiger partial charge in [-0.1, -0.05) is 39.2 Å². The van der Waals surface area contributed by atoms with Crippen LogP contribution >= 0.6 is 35.3 Å². The number of hydrogen-bond donors (Lipinski definition) is 3. The predicted octanol–water partition coefficient (Wildman–Crippen LogP) is 4.04. The summed E-state index contributed by atoms with van der Waals surface area (Å²) in [5, 5.41) is 11.8. The summed E-state index contributed by atoms with van der Waals surface area (Å²) in [4.78, 5) is 18.2. The van der Waals surface area contributed by atoms with Crippen molar-refractivity contribution >= 4 is 47.2 Å². The first-order valence-electron chi connectivity index (χ1n) is 9.87. The molecular weight excluding hydrogens is 471 g/mol. The van der Waals surface area contributed by atoms with Crippen molar-refractivity contribution in [1.82, 2.24) is 16.0 Å². The van der Waals surface area contributed by atoms with E-state index in [4.69, 9.17) is 4.99 Å². The zero-order valence-corrected chi connectivity index (χ0v) is 20.0. The van der Waals surface area contributed by atoms with E-state index in [-0.39, 0.29) is 35.3 Å². The van der Waals surface area contributed by atoms with Gasteiger partial charge in [-0.15, -0.1) is 35.3 Å². The van der Waals surface area contributed by atoms with Crippen molar-refractivity contribution in [2.24, 2.45) is 4.99 Å². The van der Waals surface area contributed by atoms with E-state index in [0.29, 0.717) is 25.6 Å². The third-order valence-electron chi connectivity index (χ3n) is 4.78. The zero-order chi connectivity index (χ0) is 18.8. The molecule has 1 aromatic rings.